The predicted octanol–water partition coefficient (Wildman–Crippen LogP) is 3.71. The predicted molar refractivity (Wildman–Crippen MR) is 95.4 cm³/mol. The van der Waals surface area contributed by atoms with Gasteiger partial charge >= 0.3 is 5.63 Å². The van der Waals surface area contributed by atoms with Crippen molar-refractivity contribution in [2.75, 3.05) is 14.2 Å². The molecule has 3 rings (SSSR count). The molecule has 0 saturated heterocycles. The summed E-state index contributed by atoms with van der Waals surface area (Å²) in [7, 11) is 2.97. The van der Waals surface area contributed by atoms with E-state index in [4.69, 9.17) is 13.9 Å². The Balaban J connectivity index is 2.07. The summed E-state index contributed by atoms with van der Waals surface area (Å²) < 4.78 is 15.8. The standard InChI is InChI=1S/C20H16O5/c1-23-16-9-5-3-7-13(16)11-12-15(21)18-19(24-2)14-8-4-6-10-17(14)25-20(18)22/h3-12H,1-2H3. The molecule has 0 atom stereocenters. The summed E-state index contributed by atoms with van der Waals surface area (Å²) in [4.78, 5) is 24.9. The van der Waals surface area contributed by atoms with Gasteiger partial charge in [0.25, 0.3) is 0 Å². The molecule has 126 valence electrons. The summed E-state index contributed by atoms with van der Waals surface area (Å²) in [6.07, 6.45) is 2.90. The Morgan fingerprint density at radius 2 is 1.72 bits per heavy atom. The van der Waals surface area contributed by atoms with Crippen LogP contribution >= 0.6 is 0 Å². The van der Waals surface area contributed by atoms with Crippen molar-refractivity contribution in [1.29, 1.82) is 0 Å². The van der Waals surface area contributed by atoms with Gasteiger partial charge in [-0.05, 0) is 30.4 Å². The zero-order chi connectivity index (χ0) is 17.8. The van der Waals surface area contributed by atoms with Gasteiger partial charge in [0, 0.05) is 5.56 Å². The number of fused-ring (bicyclic) bond motifs is 1. The molecule has 2 aromatic carbocycles. The summed E-state index contributed by atoms with van der Waals surface area (Å²) >= 11 is 0. The lowest BCUT2D eigenvalue weighted by atomic mass is 10.1. The molecular formula is C20H16O5. The van der Waals surface area contributed by atoms with Crippen LogP contribution in [0.2, 0.25) is 0 Å². The first-order chi connectivity index (χ1) is 12.2. The largest absolute Gasteiger partial charge is 0.496 e. The van der Waals surface area contributed by atoms with E-state index in [1.807, 2.05) is 18.2 Å². The Bertz CT molecular complexity index is 1010. The number of carbonyl (C=O) groups is 1. The minimum absolute atomic E-state index is 0.132. The number of ketones is 1. The third-order valence-electron chi connectivity index (χ3n) is 3.77. The van der Waals surface area contributed by atoms with E-state index in [0.29, 0.717) is 16.7 Å². The molecule has 0 aliphatic heterocycles. The highest BCUT2D eigenvalue weighted by atomic mass is 16.5. The van der Waals surface area contributed by atoms with E-state index in [0.717, 1.165) is 5.56 Å². The molecule has 0 radical (unpaired) electrons. The van der Waals surface area contributed by atoms with Crippen molar-refractivity contribution >= 4 is 22.8 Å². The lowest BCUT2D eigenvalue weighted by Gasteiger charge is -2.08. The van der Waals surface area contributed by atoms with Crippen LogP contribution in [0.25, 0.3) is 17.0 Å². The minimum atomic E-state index is -0.731. The highest BCUT2D eigenvalue weighted by Crippen LogP contribution is 2.28. The van der Waals surface area contributed by atoms with Gasteiger partial charge in [-0.3, -0.25) is 4.79 Å². The van der Waals surface area contributed by atoms with Crippen LogP contribution in [0.15, 0.2) is 63.8 Å². The third-order valence-corrected chi connectivity index (χ3v) is 3.77. The first-order valence-corrected chi connectivity index (χ1v) is 7.61. The van der Waals surface area contributed by atoms with Crippen molar-refractivity contribution in [3.8, 4) is 11.5 Å². The van der Waals surface area contributed by atoms with E-state index in [1.165, 1.54) is 13.2 Å². The second-order valence-electron chi connectivity index (χ2n) is 5.23. The second kappa shape index (κ2) is 7.05. The molecule has 0 fully saturated rings. The molecule has 0 amide bonds. The molecule has 1 heterocycles. The number of carbonyl (C=O) groups excluding carboxylic acids is 1. The molecule has 3 aromatic rings. The van der Waals surface area contributed by atoms with Crippen LogP contribution in [0, 0.1) is 0 Å². The van der Waals surface area contributed by atoms with Crippen molar-refractivity contribution in [3.63, 3.8) is 0 Å². The van der Waals surface area contributed by atoms with Gasteiger partial charge in [-0.1, -0.05) is 30.3 Å². The molecule has 0 saturated carbocycles. The number of ether oxygens (including phenoxy) is 2. The lowest BCUT2D eigenvalue weighted by Crippen LogP contribution is -2.14. The van der Waals surface area contributed by atoms with Gasteiger partial charge in [0.2, 0.25) is 0 Å². The van der Waals surface area contributed by atoms with E-state index in [-0.39, 0.29) is 11.3 Å². The van der Waals surface area contributed by atoms with Crippen molar-refractivity contribution in [3.05, 3.63) is 76.2 Å². The smallest absolute Gasteiger partial charge is 0.351 e. The van der Waals surface area contributed by atoms with Crippen LogP contribution in [0.3, 0.4) is 0 Å². The van der Waals surface area contributed by atoms with Gasteiger partial charge in [0.1, 0.15) is 22.6 Å². The van der Waals surface area contributed by atoms with Crippen molar-refractivity contribution < 1.29 is 18.7 Å². The topological polar surface area (TPSA) is 65.7 Å². The van der Waals surface area contributed by atoms with Crippen molar-refractivity contribution in [2.24, 2.45) is 0 Å². The molecular weight excluding hydrogens is 320 g/mol. The van der Waals surface area contributed by atoms with Crippen LogP contribution in [0.1, 0.15) is 15.9 Å². The average Bonchev–Trinajstić information content (AvgIpc) is 2.65. The van der Waals surface area contributed by atoms with Crippen LogP contribution in [0.5, 0.6) is 11.5 Å². The fourth-order valence-corrected chi connectivity index (χ4v) is 2.60. The Labute approximate surface area is 144 Å². The molecule has 5 nitrogen and oxygen atoms in total. The number of methoxy groups -OCH3 is 2. The number of benzene rings is 2. The maximum absolute atomic E-state index is 12.6. The van der Waals surface area contributed by atoms with Crippen LogP contribution < -0.4 is 15.1 Å². The normalized spacial score (nSPS) is 11.0. The number of allylic oxidation sites excluding steroid dienone is 1. The zero-order valence-corrected chi connectivity index (χ0v) is 13.8. The lowest BCUT2D eigenvalue weighted by molar-refractivity contribution is 0.104. The first kappa shape index (κ1) is 16.5. The molecule has 5 heteroatoms. The monoisotopic (exact) mass is 336 g/mol. The van der Waals surface area contributed by atoms with Crippen LogP contribution in [-0.2, 0) is 0 Å². The highest BCUT2D eigenvalue weighted by Gasteiger charge is 2.20. The maximum Gasteiger partial charge on any atom is 0.351 e. The molecule has 1 aromatic heterocycles. The number of rotatable bonds is 5. The van der Waals surface area contributed by atoms with E-state index >= 15 is 0 Å². The molecule has 0 bridgehead atoms. The maximum atomic E-state index is 12.6. The quantitative estimate of drug-likeness (QED) is 0.404. The Kier molecular flexibility index (Phi) is 4.66. The molecule has 0 spiro atoms. The minimum Gasteiger partial charge on any atom is -0.496 e. The Morgan fingerprint density at radius 3 is 2.48 bits per heavy atom. The fourth-order valence-electron chi connectivity index (χ4n) is 2.60. The summed E-state index contributed by atoms with van der Waals surface area (Å²) in [5.74, 6) is 0.341. The SMILES string of the molecule is COc1ccccc1C=CC(=O)c1c(OC)c2ccccc2oc1=O. The van der Waals surface area contributed by atoms with Gasteiger partial charge in [-0.2, -0.15) is 0 Å². The van der Waals surface area contributed by atoms with Crippen molar-refractivity contribution in [1.82, 2.24) is 0 Å². The Morgan fingerprint density at radius 1 is 1.00 bits per heavy atom. The summed E-state index contributed by atoms with van der Waals surface area (Å²) in [6.45, 7) is 0. The van der Waals surface area contributed by atoms with Gasteiger partial charge in [0.15, 0.2) is 5.78 Å². The first-order valence-electron chi connectivity index (χ1n) is 7.61. The number of hydrogen-bond acceptors (Lipinski definition) is 5. The molecule has 0 unspecified atom stereocenters. The van der Waals surface area contributed by atoms with Gasteiger partial charge in [-0.15, -0.1) is 0 Å². The molecule has 0 aliphatic carbocycles. The average molecular weight is 336 g/mol. The van der Waals surface area contributed by atoms with Crippen LogP contribution in [0.4, 0.5) is 0 Å². The number of para-hydroxylation sites is 2. The number of hydrogen-bond donors (Lipinski definition) is 0. The third kappa shape index (κ3) is 3.17. The van der Waals surface area contributed by atoms with E-state index in [2.05, 4.69) is 0 Å². The van der Waals surface area contributed by atoms with Gasteiger partial charge in [-0.25, -0.2) is 4.79 Å². The van der Waals surface area contributed by atoms with Gasteiger partial charge in [0.05, 0.1) is 19.6 Å². The molecule has 0 N–H and O–H groups in total. The highest BCUT2D eigenvalue weighted by molar-refractivity contribution is 6.10. The van der Waals surface area contributed by atoms with E-state index in [9.17, 15) is 9.59 Å². The molecule has 0 aliphatic rings. The van der Waals surface area contributed by atoms with Gasteiger partial charge < -0.3 is 13.9 Å². The Hall–Kier alpha value is -3.34. The fraction of sp³-hybridized carbons (Fsp3) is 0.100. The van der Waals surface area contributed by atoms with Crippen LogP contribution in [-0.4, -0.2) is 20.0 Å². The zero-order valence-electron chi connectivity index (χ0n) is 13.8. The van der Waals surface area contributed by atoms with Crippen molar-refractivity contribution in [2.45, 2.75) is 0 Å². The summed E-state index contributed by atoms with van der Waals surface area (Å²) in [6, 6.07) is 14.2. The second-order valence-corrected chi connectivity index (χ2v) is 5.23. The summed E-state index contributed by atoms with van der Waals surface area (Å²) in [5.41, 5.74) is 0.231. The molecule has 25 heavy (non-hydrogen) atoms. The van der Waals surface area contributed by atoms with E-state index < -0.39 is 11.4 Å². The van der Waals surface area contributed by atoms with E-state index in [1.54, 1.807) is 43.5 Å². The summed E-state index contributed by atoms with van der Waals surface area (Å²) in [5, 5.41) is 0.568.